The summed E-state index contributed by atoms with van der Waals surface area (Å²) in [6.07, 6.45) is 2.70. The van der Waals surface area contributed by atoms with Crippen LogP contribution in [-0.2, 0) is 19.3 Å². The molecule has 3 aromatic rings. The molecule has 0 atom stereocenters. The first-order valence-corrected chi connectivity index (χ1v) is 9.05. The second-order valence-electron chi connectivity index (χ2n) is 5.86. The van der Waals surface area contributed by atoms with Gasteiger partial charge in [0.25, 0.3) is 0 Å². The summed E-state index contributed by atoms with van der Waals surface area (Å²) in [6, 6.07) is 8.25. The molecular formula is C17H20N6S. The van der Waals surface area contributed by atoms with E-state index in [1.54, 1.807) is 11.3 Å². The molecule has 4 N–H and O–H groups in total. The lowest BCUT2D eigenvalue weighted by Gasteiger charge is -2.13. The van der Waals surface area contributed by atoms with E-state index in [1.807, 2.05) is 6.07 Å². The van der Waals surface area contributed by atoms with Gasteiger partial charge in [0.2, 0.25) is 5.95 Å². The SMILES string of the molecule is Nc1nc2c(c(NCCc3nc4ccccc4s3)n1)CCNCC2. The zero-order chi connectivity index (χ0) is 16.4. The van der Waals surface area contributed by atoms with Gasteiger partial charge in [0.1, 0.15) is 5.82 Å². The van der Waals surface area contributed by atoms with Gasteiger partial charge >= 0.3 is 0 Å². The lowest BCUT2D eigenvalue weighted by Crippen LogP contribution is -2.16. The molecule has 3 heterocycles. The molecule has 24 heavy (non-hydrogen) atoms. The molecule has 6 nitrogen and oxygen atoms in total. The van der Waals surface area contributed by atoms with Gasteiger partial charge in [-0.15, -0.1) is 11.3 Å². The highest BCUT2D eigenvalue weighted by Crippen LogP contribution is 2.23. The molecule has 1 aliphatic heterocycles. The predicted molar refractivity (Wildman–Crippen MR) is 98.5 cm³/mol. The molecule has 4 rings (SSSR count). The van der Waals surface area contributed by atoms with E-state index in [1.165, 1.54) is 10.3 Å². The Morgan fingerprint density at radius 3 is 2.92 bits per heavy atom. The average Bonchev–Trinajstić information content (AvgIpc) is 2.84. The summed E-state index contributed by atoms with van der Waals surface area (Å²) in [5, 5.41) is 7.97. The van der Waals surface area contributed by atoms with E-state index in [4.69, 9.17) is 5.73 Å². The molecule has 0 radical (unpaired) electrons. The maximum absolute atomic E-state index is 5.87. The van der Waals surface area contributed by atoms with E-state index in [0.717, 1.165) is 60.9 Å². The molecule has 0 aliphatic carbocycles. The van der Waals surface area contributed by atoms with Crippen molar-refractivity contribution in [1.82, 2.24) is 20.3 Å². The van der Waals surface area contributed by atoms with E-state index < -0.39 is 0 Å². The number of para-hydroxylation sites is 1. The van der Waals surface area contributed by atoms with Crippen molar-refractivity contribution in [2.45, 2.75) is 19.3 Å². The fraction of sp³-hybridized carbons (Fsp3) is 0.353. The lowest BCUT2D eigenvalue weighted by molar-refractivity contribution is 0.708. The van der Waals surface area contributed by atoms with E-state index >= 15 is 0 Å². The first-order chi connectivity index (χ1) is 11.8. The average molecular weight is 340 g/mol. The molecule has 0 amide bonds. The van der Waals surface area contributed by atoms with Crippen molar-refractivity contribution in [3.8, 4) is 0 Å². The maximum Gasteiger partial charge on any atom is 0.222 e. The molecule has 1 aliphatic rings. The lowest BCUT2D eigenvalue weighted by atomic mass is 10.1. The Balaban J connectivity index is 1.48. The fourth-order valence-corrected chi connectivity index (χ4v) is 3.99. The summed E-state index contributed by atoms with van der Waals surface area (Å²) in [6.45, 7) is 2.68. The van der Waals surface area contributed by atoms with Gasteiger partial charge in [-0.05, 0) is 25.1 Å². The molecule has 1 aromatic carbocycles. The van der Waals surface area contributed by atoms with Crippen molar-refractivity contribution in [3.05, 3.63) is 40.5 Å². The molecule has 0 bridgehead atoms. The van der Waals surface area contributed by atoms with Gasteiger partial charge in [-0.2, -0.15) is 4.98 Å². The number of nitrogens with two attached hydrogens (primary N) is 1. The number of benzene rings is 1. The van der Waals surface area contributed by atoms with Gasteiger partial charge < -0.3 is 16.4 Å². The standard InChI is InChI=1S/C17H20N6S/c18-17-22-12-6-9-19-8-5-11(12)16(23-17)20-10-7-15-21-13-3-1-2-4-14(13)24-15/h1-4,19H,5-10H2,(H3,18,20,22,23). The highest BCUT2D eigenvalue weighted by atomic mass is 32.1. The smallest absolute Gasteiger partial charge is 0.222 e. The molecule has 124 valence electrons. The minimum atomic E-state index is 0.345. The summed E-state index contributed by atoms with van der Waals surface area (Å²) < 4.78 is 1.23. The number of nitrogens with zero attached hydrogens (tertiary/aromatic N) is 3. The van der Waals surface area contributed by atoms with Crippen molar-refractivity contribution in [3.63, 3.8) is 0 Å². The van der Waals surface area contributed by atoms with Crippen LogP contribution in [0.4, 0.5) is 11.8 Å². The van der Waals surface area contributed by atoms with Gasteiger partial charge in [0.15, 0.2) is 0 Å². The minimum Gasteiger partial charge on any atom is -0.369 e. The van der Waals surface area contributed by atoms with E-state index in [-0.39, 0.29) is 0 Å². The Kier molecular flexibility index (Phi) is 4.27. The molecular weight excluding hydrogens is 320 g/mol. The Morgan fingerprint density at radius 2 is 2.00 bits per heavy atom. The van der Waals surface area contributed by atoms with Crippen LogP contribution in [0.1, 0.15) is 16.3 Å². The minimum absolute atomic E-state index is 0.345. The molecule has 0 fully saturated rings. The van der Waals surface area contributed by atoms with E-state index in [2.05, 4.69) is 43.8 Å². The topological polar surface area (TPSA) is 88.8 Å². The first-order valence-electron chi connectivity index (χ1n) is 8.24. The van der Waals surface area contributed by atoms with Crippen LogP contribution < -0.4 is 16.4 Å². The third kappa shape index (κ3) is 3.18. The summed E-state index contributed by atoms with van der Waals surface area (Å²) >= 11 is 1.75. The van der Waals surface area contributed by atoms with Crippen LogP contribution in [0.5, 0.6) is 0 Å². The zero-order valence-electron chi connectivity index (χ0n) is 13.4. The van der Waals surface area contributed by atoms with E-state index in [0.29, 0.717) is 5.95 Å². The summed E-state index contributed by atoms with van der Waals surface area (Å²) in [5.74, 6) is 1.22. The van der Waals surface area contributed by atoms with Gasteiger partial charge in [-0.3, -0.25) is 0 Å². The number of hydrogen-bond donors (Lipinski definition) is 3. The number of nitrogen functional groups attached to an aromatic ring is 1. The highest BCUT2D eigenvalue weighted by Gasteiger charge is 2.15. The van der Waals surface area contributed by atoms with Gasteiger partial charge in [0.05, 0.1) is 20.9 Å². The Hall–Kier alpha value is -2.25. The largest absolute Gasteiger partial charge is 0.369 e. The number of hydrogen-bond acceptors (Lipinski definition) is 7. The summed E-state index contributed by atoms with van der Waals surface area (Å²) in [7, 11) is 0. The Morgan fingerprint density at radius 1 is 1.12 bits per heavy atom. The monoisotopic (exact) mass is 340 g/mol. The molecule has 0 saturated heterocycles. The zero-order valence-corrected chi connectivity index (χ0v) is 14.2. The number of aromatic nitrogens is 3. The quantitative estimate of drug-likeness (QED) is 0.673. The maximum atomic E-state index is 5.87. The molecule has 7 heteroatoms. The Labute approximate surface area is 144 Å². The summed E-state index contributed by atoms with van der Waals surface area (Å²) in [4.78, 5) is 13.5. The number of thiazole rings is 1. The van der Waals surface area contributed by atoms with Crippen LogP contribution in [0.25, 0.3) is 10.2 Å². The van der Waals surface area contributed by atoms with Crippen molar-refractivity contribution >= 4 is 33.3 Å². The number of nitrogens with one attached hydrogen (secondary N) is 2. The number of anilines is 2. The first kappa shape index (κ1) is 15.3. The van der Waals surface area contributed by atoms with Gasteiger partial charge in [-0.25, -0.2) is 9.97 Å². The fourth-order valence-electron chi connectivity index (χ4n) is 3.03. The van der Waals surface area contributed by atoms with Gasteiger partial charge in [-0.1, -0.05) is 12.1 Å². The highest BCUT2D eigenvalue weighted by molar-refractivity contribution is 7.18. The molecule has 0 saturated carbocycles. The third-order valence-electron chi connectivity index (χ3n) is 4.17. The van der Waals surface area contributed by atoms with Crippen LogP contribution >= 0.6 is 11.3 Å². The van der Waals surface area contributed by atoms with E-state index in [9.17, 15) is 0 Å². The second kappa shape index (κ2) is 6.70. The molecule has 0 unspecified atom stereocenters. The molecule has 2 aromatic heterocycles. The third-order valence-corrected chi connectivity index (χ3v) is 5.27. The van der Waals surface area contributed by atoms with Crippen LogP contribution in [0.15, 0.2) is 24.3 Å². The molecule has 0 spiro atoms. The van der Waals surface area contributed by atoms with Crippen LogP contribution in [0, 0.1) is 0 Å². The van der Waals surface area contributed by atoms with Crippen LogP contribution in [0.2, 0.25) is 0 Å². The van der Waals surface area contributed by atoms with Crippen molar-refractivity contribution in [1.29, 1.82) is 0 Å². The van der Waals surface area contributed by atoms with Crippen molar-refractivity contribution in [2.75, 3.05) is 30.7 Å². The summed E-state index contributed by atoms with van der Waals surface area (Å²) in [5.41, 5.74) is 9.21. The van der Waals surface area contributed by atoms with Crippen LogP contribution in [-0.4, -0.2) is 34.6 Å². The Bertz CT molecular complexity index is 826. The predicted octanol–water partition coefficient (Wildman–Crippen LogP) is 2.01. The van der Waals surface area contributed by atoms with Gasteiger partial charge in [0, 0.05) is 31.5 Å². The van der Waals surface area contributed by atoms with Crippen molar-refractivity contribution in [2.24, 2.45) is 0 Å². The second-order valence-corrected chi connectivity index (χ2v) is 6.97. The normalized spacial score (nSPS) is 14.3. The number of rotatable bonds is 4. The van der Waals surface area contributed by atoms with Crippen molar-refractivity contribution < 1.29 is 0 Å². The number of fused-ring (bicyclic) bond motifs is 2. The van der Waals surface area contributed by atoms with Crippen LogP contribution in [0.3, 0.4) is 0 Å².